The molecule has 0 bridgehead atoms. The quantitative estimate of drug-likeness (QED) is 0.297. The third kappa shape index (κ3) is 7.39. The lowest BCUT2D eigenvalue weighted by atomic mass is 10.2. The van der Waals surface area contributed by atoms with E-state index in [1.165, 1.54) is 18.4 Å². The fraction of sp³-hybridized carbons (Fsp3) is 0.588. The highest BCUT2D eigenvalue weighted by Gasteiger charge is 2.21. The summed E-state index contributed by atoms with van der Waals surface area (Å²) in [5.41, 5.74) is 1.19. The molecule has 2 rings (SSSR count). The van der Waals surface area contributed by atoms with E-state index >= 15 is 0 Å². The zero-order valence-electron chi connectivity index (χ0n) is 14.2. The summed E-state index contributed by atoms with van der Waals surface area (Å²) in [5.74, 6) is 2.57. The molecule has 130 valence electrons. The van der Waals surface area contributed by atoms with Gasteiger partial charge in [-0.3, -0.25) is 4.99 Å². The lowest BCUT2D eigenvalue weighted by molar-refractivity contribution is 0.115. The Bertz CT molecular complexity index is 475. The van der Waals surface area contributed by atoms with Crippen LogP contribution in [0.1, 0.15) is 18.4 Å². The fourth-order valence-electron chi connectivity index (χ4n) is 2.15. The van der Waals surface area contributed by atoms with Crippen molar-refractivity contribution in [2.24, 2.45) is 10.9 Å². The summed E-state index contributed by atoms with van der Waals surface area (Å²) in [6.45, 7) is 3.24. The lowest BCUT2D eigenvalue weighted by Gasteiger charge is -2.22. The van der Waals surface area contributed by atoms with Crippen LogP contribution in [0, 0.1) is 5.92 Å². The van der Waals surface area contributed by atoms with E-state index in [2.05, 4.69) is 27.3 Å². The van der Waals surface area contributed by atoms with Gasteiger partial charge in [-0.1, -0.05) is 12.1 Å². The van der Waals surface area contributed by atoms with Crippen LogP contribution in [0.15, 0.2) is 29.3 Å². The highest BCUT2D eigenvalue weighted by molar-refractivity contribution is 14.0. The van der Waals surface area contributed by atoms with E-state index in [0.717, 1.165) is 43.9 Å². The molecule has 0 heterocycles. The summed E-state index contributed by atoms with van der Waals surface area (Å²) in [6, 6.07) is 8.04. The van der Waals surface area contributed by atoms with Gasteiger partial charge >= 0.3 is 0 Å². The Kier molecular flexibility index (Phi) is 9.31. The molecule has 1 saturated carbocycles. The van der Waals surface area contributed by atoms with E-state index in [-0.39, 0.29) is 24.0 Å². The number of aliphatic imine (C=N–C) groups is 1. The molecule has 0 radical (unpaired) electrons. The Morgan fingerprint density at radius 2 is 2.00 bits per heavy atom. The number of halogens is 1. The molecule has 0 saturated heterocycles. The Morgan fingerprint density at radius 3 is 2.57 bits per heavy atom. The topological polar surface area (TPSA) is 46.1 Å². The summed E-state index contributed by atoms with van der Waals surface area (Å²) < 4.78 is 10.8. The fourth-order valence-corrected chi connectivity index (χ4v) is 2.15. The van der Waals surface area contributed by atoms with Crippen molar-refractivity contribution in [2.75, 3.05) is 41.0 Å². The molecule has 0 aromatic heterocycles. The van der Waals surface area contributed by atoms with Crippen LogP contribution in [-0.4, -0.2) is 51.8 Å². The zero-order chi connectivity index (χ0) is 15.8. The van der Waals surface area contributed by atoms with Crippen LogP contribution < -0.4 is 10.1 Å². The molecule has 23 heavy (non-hydrogen) atoms. The highest BCUT2D eigenvalue weighted by Crippen LogP contribution is 2.28. The van der Waals surface area contributed by atoms with Gasteiger partial charge in [-0.25, -0.2) is 0 Å². The third-order valence-corrected chi connectivity index (χ3v) is 3.80. The Morgan fingerprint density at radius 1 is 1.30 bits per heavy atom. The molecular weight excluding hydrogens is 405 g/mol. The molecule has 1 N–H and O–H groups in total. The molecule has 0 aliphatic heterocycles. The number of benzene rings is 1. The van der Waals surface area contributed by atoms with E-state index in [4.69, 9.17) is 9.47 Å². The second-order valence-electron chi connectivity index (χ2n) is 5.69. The minimum absolute atomic E-state index is 0. The summed E-state index contributed by atoms with van der Waals surface area (Å²) >= 11 is 0. The van der Waals surface area contributed by atoms with Gasteiger partial charge in [-0.2, -0.15) is 0 Å². The van der Waals surface area contributed by atoms with Gasteiger partial charge in [-0.15, -0.1) is 24.0 Å². The van der Waals surface area contributed by atoms with Gasteiger partial charge in [0, 0.05) is 33.8 Å². The molecule has 6 heteroatoms. The van der Waals surface area contributed by atoms with E-state index < -0.39 is 0 Å². The molecule has 0 spiro atoms. The largest absolute Gasteiger partial charge is 0.497 e. The molecule has 1 aromatic carbocycles. The van der Waals surface area contributed by atoms with Crippen molar-refractivity contribution >= 4 is 29.9 Å². The van der Waals surface area contributed by atoms with Gasteiger partial charge in [0.05, 0.1) is 13.7 Å². The first-order valence-corrected chi connectivity index (χ1v) is 7.85. The number of ether oxygens (including phenoxy) is 2. The first-order valence-electron chi connectivity index (χ1n) is 7.85. The SMILES string of the molecule is CN=C(NCc1ccc(OC)cc1)N(C)CCOCC1CC1.I. The predicted molar refractivity (Wildman–Crippen MR) is 105 cm³/mol. The normalized spacial score (nSPS) is 14.1. The first-order chi connectivity index (χ1) is 10.7. The third-order valence-electron chi connectivity index (χ3n) is 3.80. The number of nitrogens with one attached hydrogen (secondary N) is 1. The van der Waals surface area contributed by atoms with Crippen molar-refractivity contribution in [1.29, 1.82) is 0 Å². The molecule has 1 aromatic rings. The van der Waals surface area contributed by atoms with Gasteiger partial charge in [0.1, 0.15) is 5.75 Å². The predicted octanol–water partition coefficient (Wildman–Crippen LogP) is 2.75. The Hall–Kier alpha value is -1.02. The summed E-state index contributed by atoms with van der Waals surface area (Å²) in [5, 5.41) is 3.36. The first kappa shape index (κ1) is 20.0. The van der Waals surface area contributed by atoms with Gasteiger partial charge in [0.2, 0.25) is 0 Å². The average molecular weight is 433 g/mol. The average Bonchev–Trinajstić information content (AvgIpc) is 3.37. The molecule has 1 aliphatic carbocycles. The van der Waals surface area contributed by atoms with Crippen LogP contribution in [0.2, 0.25) is 0 Å². The maximum Gasteiger partial charge on any atom is 0.193 e. The lowest BCUT2D eigenvalue weighted by Crippen LogP contribution is -2.40. The summed E-state index contributed by atoms with van der Waals surface area (Å²) in [4.78, 5) is 6.41. The molecule has 0 atom stereocenters. The van der Waals surface area contributed by atoms with Crippen LogP contribution >= 0.6 is 24.0 Å². The maximum atomic E-state index is 5.67. The van der Waals surface area contributed by atoms with Crippen LogP contribution in [0.3, 0.4) is 0 Å². The molecule has 1 fully saturated rings. The number of hydrogen-bond donors (Lipinski definition) is 1. The molecule has 0 unspecified atom stereocenters. The van der Waals surface area contributed by atoms with Crippen molar-refractivity contribution in [1.82, 2.24) is 10.2 Å². The van der Waals surface area contributed by atoms with Crippen molar-refractivity contribution in [3.05, 3.63) is 29.8 Å². The minimum atomic E-state index is 0. The number of likely N-dealkylation sites (N-methyl/N-ethyl adjacent to an activating group) is 1. The number of guanidine groups is 1. The van der Waals surface area contributed by atoms with Crippen molar-refractivity contribution in [2.45, 2.75) is 19.4 Å². The number of hydrogen-bond acceptors (Lipinski definition) is 3. The number of rotatable bonds is 8. The molecule has 1 aliphatic rings. The number of methoxy groups -OCH3 is 1. The van der Waals surface area contributed by atoms with E-state index in [0.29, 0.717) is 0 Å². The van der Waals surface area contributed by atoms with Gasteiger partial charge in [0.15, 0.2) is 5.96 Å². The summed E-state index contributed by atoms with van der Waals surface area (Å²) in [7, 11) is 5.51. The van der Waals surface area contributed by atoms with Crippen molar-refractivity contribution < 1.29 is 9.47 Å². The maximum absolute atomic E-state index is 5.67. The standard InChI is InChI=1S/C17H27N3O2.HI/c1-18-17(20(2)10-11-22-13-15-4-5-15)19-12-14-6-8-16(21-3)9-7-14;/h6-9,15H,4-5,10-13H2,1-3H3,(H,18,19);1H. The van der Waals surface area contributed by atoms with Crippen LogP contribution in [0.5, 0.6) is 5.75 Å². The van der Waals surface area contributed by atoms with Crippen LogP contribution in [0.25, 0.3) is 0 Å². The molecular formula is C17H28IN3O2. The minimum Gasteiger partial charge on any atom is -0.497 e. The summed E-state index contributed by atoms with van der Waals surface area (Å²) in [6.07, 6.45) is 2.67. The van der Waals surface area contributed by atoms with Crippen molar-refractivity contribution in [3.63, 3.8) is 0 Å². The van der Waals surface area contributed by atoms with Crippen molar-refractivity contribution in [3.8, 4) is 5.75 Å². The van der Waals surface area contributed by atoms with Crippen LogP contribution in [-0.2, 0) is 11.3 Å². The molecule has 5 nitrogen and oxygen atoms in total. The van der Waals surface area contributed by atoms with E-state index in [1.54, 1.807) is 14.2 Å². The zero-order valence-corrected chi connectivity index (χ0v) is 16.6. The van der Waals surface area contributed by atoms with Gasteiger partial charge in [0.25, 0.3) is 0 Å². The monoisotopic (exact) mass is 433 g/mol. The van der Waals surface area contributed by atoms with Gasteiger partial charge < -0.3 is 19.7 Å². The number of nitrogens with zero attached hydrogens (tertiary/aromatic N) is 2. The second kappa shape index (κ2) is 10.7. The Labute approximate surface area is 156 Å². The second-order valence-corrected chi connectivity index (χ2v) is 5.69. The smallest absolute Gasteiger partial charge is 0.193 e. The van der Waals surface area contributed by atoms with Crippen LogP contribution in [0.4, 0.5) is 0 Å². The van der Waals surface area contributed by atoms with Gasteiger partial charge in [-0.05, 0) is 36.5 Å². The van der Waals surface area contributed by atoms with E-state index in [1.807, 2.05) is 19.2 Å². The molecule has 0 amide bonds. The Balaban J connectivity index is 0.00000264. The van der Waals surface area contributed by atoms with E-state index in [9.17, 15) is 0 Å². The highest BCUT2D eigenvalue weighted by atomic mass is 127.